The van der Waals surface area contributed by atoms with Crippen molar-refractivity contribution in [1.29, 1.82) is 0 Å². The molecule has 258 valence electrons. The third kappa shape index (κ3) is 5.17. The van der Waals surface area contributed by atoms with E-state index in [1.807, 2.05) is 49.4 Å². The maximum Gasteiger partial charge on any atom is 0.417 e. The molecule has 4 aliphatic carbocycles. The predicted molar refractivity (Wildman–Crippen MR) is 174 cm³/mol. The van der Waals surface area contributed by atoms with Crippen molar-refractivity contribution in [2.24, 2.45) is 28.6 Å². The van der Waals surface area contributed by atoms with Crippen LogP contribution in [0, 0.1) is 28.6 Å². The number of fused-ring (bicyclic) bond motifs is 7. The number of hydrogen-bond acceptors (Lipinski definition) is 10. The number of carbonyl (C=O) groups is 4. The highest BCUT2D eigenvalue weighted by Gasteiger charge is 2.76. The molecule has 0 bridgehead atoms. The quantitative estimate of drug-likeness (QED) is 0.192. The molecule has 3 saturated carbocycles. The summed E-state index contributed by atoms with van der Waals surface area (Å²) in [6.45, 7) is 3.06. The number of ether oxygens (including phenoxy) is 3. The number of allylic oxidation sites excluding steroid dienone is 4. The number of carboxylic acids is 1. The van der Waals surface area contributed by atoms with Crippen LogP contribution in [0.3, 0.4) is 0 Å². The molecule has 49 heavy (non-hydrogen) atoms. The molecular formula is C38H41NO10. The average molecular weight is 672 g/mol. The highest BCUT2D eigenvalue weighted by atomic mass is 16.7. The minimum Gasteiger partial charge on any atom is -0.473 e. The topological polar surface area (TPSA) is 183 Å². The van der Waals surface area contributed by atoms with Gasteiger partial charge in [0.25, 0.3) is 0 Å². The molecule has 4 fully saturated rings. The lowest BCUT2D eigenvalue weighted by atomic mass is 9.46. The van der Waals surface area contributed by atoms with Gasteiger partial charge in [0.1, 0.15) is 0 Å². The molecule has 9 atom stereocenters. The number of carbonyl (C=O) groups excluding carboxylic acids is 3. The second-order valence-corrected chi connectivity index (χ2v) is 14.7. The number of ketones is 2. The molecule has 0 unspecified atom stereocenters. The van der Waals surface area contributed by atoms with Gasteiger partial charge < -0.3 is 35.3 Å². The molecule has 11 heteroatoms. The second-order valence-electron chi connectivity index (χ2n) is 14.7. The normalized spacial score (nSPS) is 35.8. The van der Waals surface area contributed by atoms with E-state index in [4.69, 9.17) is 25.1 Å². The first-order chi connectivity index (χ1) is 23.3. The van der Waals surface area contributed by atoms with E-state index in [9.17, 15) is 29.4 Å². The summed E-state index contributed by atoms with van der Waals surface area (Å²) >= 11 is 0. The highest BCUT2D eigenvalue weighted by molar-refractivity contribution is 6.28. The number of nitrogens with two attached hydrogens (primary N) is 1. The van der Waals surface area contributed by atoms with Crippen molar-refractivity contribution in [3.8, 4) is 0 Å². The van der Waals surface area contributed by atoms with Crippen molar-refractivity contribution in [2.45, 2.75) is 76.7 Å². The SMILES string of the molecule is C[C@]12C=CC(=O)C=C1CC[C@@H]1[C@@H]2[C@@H](O)C[C@@]2(C)[C@H]1C[C@H]1O[C@@H](c3ccc(Cc4ccc(CO)c(N)c4)cc3)O[C@]12C(=O)COC(=O)C(=O)O. The number of hydrogen-bond donors (Lipinski definition) is 4. The van der Waals surface area contributed by atoms with Crippen LogP contribution in [0.1, 0.15) is 68.1 Å². The number of aliphatic hydroxyl groups excluding tert-OH is 2. The van der Waals surface area contributed by atoms with E-state index in [1.54, 1.807) is 18.2 Å². The first-order valence-corrected chi connectivity index (χ1v) is 16.8. The molecule has 7 rings (SSSR count). The van der Waals surface area contributed by atoms with Crippen molar-refractivity contribution in [3.05, 3.63) is 88.5 Å². The van der Waals surface area contributed by atoms with Crippen molar-refractivity contribution in [1.82, 2.24) is 0 Å². The Balaban J connectivity index is 1.18. The van der Waals surface area contributed by atoms with E-state index in [-0.39, 0.29) is 36.6 Å². The summed E-state index contributed by atoms with van der Waals surface area (Å²) in [6, 6.07) is 13.2. The zero-order valence-corrected chi connectivity index (χ0v) is 27.5. The maximum atomic E-state index is 14.3. The van der Waals surface area contributed by atoms with Crippen LogP contribution in [0.4, 0.5) is 5.69 Å². The fourth-order valence-corrected chi connectivity index (χ4v) is 9.94. The Labute approximate surface area is 283 Å². The van der Waals surface area contributed by atoms with Crippen LogP contribution in [-0.4, -0.2) is 63.2 Å². The minimum absolute atomic E-state index is 0.0176. The summed E-state index contributed by atoms with van der Waals surface area (Å²) in [5.74, 6) is -4.32. The van der Waals surface area contributed by atoms with E-state index in [1.165, 1.54) is 0 Å². The van der Waals surface area contributed by atoms with Crippen LogP contribution in [0.2, 0.25) is 0 Å². The standard InChI is InChI=1S/C38H41NO10/c1-36-12-11-25(41)15-24(36)9-10-26-27-16-31-38(30(43)19-47-34(46)33(44)45,37(27,2)17-29(42)32(26)36)49-35(48-31)22-6-3-20(4-7-22)13-21-5-8-23(18-40)28(39)14-21/h3-8,11-12,14-15,26-27,29,31-32,35,40,42H,9-10,13,16-19,39H2,1-2H3,(H,44,45)/t26-,27-,29-,31+,32+,35+,36-,37-,38+/m0/s1. The smallest absolute Gasteiger partial charge is 0.417 e. The number of Topliss-reactive ketones (excluding diaryl/α,β-unsaturated/α-hetero) is 1. The molecule has 1 aliphatic heterocycles. The van der Waals surface area contributed by atoms with Crippen LogP contribution in [-0.2, 0) is 46.4 Å². The first-order valence-electron chi connectivity index (χ1n) is 16.8. The Hall–Kier alpha value is -4.16. The number of esters is 1. The van der Waals surface area contributed by atoms with E-state index < -0.39 is 59.3 Å². The summed E-state index contributed by atoms with van der Waals surface area (Å²) in [6.07, 6.45) is 5.32. The van der Waals surface area contributed by atoms with Crippen LogP contribution in [0.25, 0.3) is 0 Å². The van der Waals surface area contributed by atoms with Crippen molar-refractivity contribution < 1.29 is 48.7 Å². The summed E-state index contributed by atoms with van der Waals surface area (Å²) in [5.41, 5.74) is 7.84. The van der Waals surface area contributed by atoms with Gasteiger partial charge in [0.2, 0.25) is 5.78 Å². The molecule has 0 radical (unpaired) electrons. The van der Waals surface area contributed by atoms with Crippen LogP contribution >= 0.6 is 0 Å². The molecule has 1 saturated heterocycles. The molecule has 2 aromatic carbocycles. The van der Waals surface area contributed by atoms with Gasteiger partial charge in [-0.2, -0.15) is 0 Å². The van der Waals surface area contributed by atoms with Gasteiger partial charge in [-0.15, -0.1) is 0 Å². The van der Waals surface area contributed by atoms with Crippen molar-refractivity contribution in [2.75, 3.05) is 12.3 Å². The van der Waals surface area contributed by atoms with Crippen molar-refractivity contribution in [3.63, 3.8) is 0 Å². The molecule has 5 aliphatic rings. The van der Waals surface area contributed by atoms with Crippen LogP contribution < -0.4 is 5.73 Å². The maximum absolute atomic E-state index is 14.3. The Bertz CT molecular complexity index is 1780. The highest BCUT2D eigenvalue weighted by Crippen LogP contribution is 2.70. The predicted octanol–water partition coefficient (Wildman–Crippen LogP) is 3.59. The largest absolute Gasteiger partial charge is 0.473 e. The Morgan fingerprint density at radius 3 is 2.51 bits per heavy atom. The summed E-state index contributed by atoms with van der Waals surface area (Å²) < 4.78 is 18.2. The molecule has 0 spiro atoms. The van der Waals surface area contributed by atoms with Gasteiger partial charge in [-0.3, -0.25) is 9.59 Å². The van der Waals surface area contributed by atoms with Gasteiger partial charge in [-0.05, 0) is 73.3 Å². The Kier molecular flexibility index (Phi) is 8.17. The second kappa shape index (κ2) is 12.0. The molecule has 2 aromatic rings. The number of benzene rings is 2. The molecular weight excluding hydrogens is 630 g/mol. The number of aliphatic carboxylic acids is 1. The van der Waals surface area contributed by atoms with Gasteiger partial charge in [-0.25, -0.2) is 9.59 Å². The van der Waals surface area contributed by atoms with Gasteiger partial charge in [-0.1, -0.05) is 61.9 Å². The molecule has 11 nitrogen and oxygen atoms in total. The van der Waals surface area contributed by atoms with Crippen LogP contribution in [0.5, 0.6) is 0 Å². The number of rotatable bonds is 7. The average Bonchev–Trinajstić information content (AvgIpc) is 3.57. The van der Waals surface area contributed by atoms with E-state index in [0.717, 1.165) is 23.1 Å². The zero-order chi connectivity index (χ0) is 34.9. The molecule has 0 amide bonds. The minimum atomic E-state index is -1.81. The lowest BCUT2D eigenvalue weighted by molar-refractivity contribution is -0.202. The lowest BCUT2D eigenvalue weighted by Crippen LogP contribution is -2.63. The van der Waals surface area contributed by atoms with E-state index >= 15 is 0 Å². The third-order valence-corrected chi connectivity index (χ3v) is 12.2. The number of nitrogen functional groups attached to an aromatic ring is 1. The number of anilines is 1. The van der Waals surface area contributed by atoms with E-state index in [2.05, 4.69) is 6.92 Å². The summed E-state index contributed by atoms with van der Waals surface area (Å²) in [7, 11) is 0. The zero-order valence-electron chi connectivity index (χ0n) is 27.5. The molecule has 0 aromatic heterocycles. The first kappa shape index (κ1) is 33.3. The van der Waals surface area contributed by atoms with Crippen molar-refractivity contribution >= 4 is 29.2 Å². The van der Waals surface area contributed by atoms with Gasteiger partial charge in [0.15, 0.2) is 24.3 Å². The van der Waals surface area contributed by atoms with Gasteiger partial charge in [0, 0.05) is 33.6 Å². The molecule has 1 heterocycles. The fraction of sp³-hybridized carbons (Fsp3) is 0.474. The summed E-state index contributed by atoms with van der Waals surface area (Å²) in [4.78, 5) is 49.7. The van der Waals surface area contributed by atoms with Gasteiger partial charge >= 0.3 is 11.9 Å². The lowest BCUT2D eigenvalue weighted by Gasteiger charge is -2.59. The van der Waals surface area contributed by atoms with Crippen LogP contribution in [0.15, 0.2) is 66.3 Å². The summed E-state index contributed by atoms with van der Waals surface area (Å²) in [5, 5.41) is 30.5. The number of carboxylic acid groups (broad SMARTS) is 1. The number of aliphatic hydroxyl groups is 2. The fourth-order valence-electron chi connectivity index (χ4n) is 9.94. The van der Waals surface area contributed by atoms with E-state index in [0.29, 0.717) is 36.1 Å². The monoisotopic (exact) mass is 671 g/mol. The Morgan fingerprint density at radius 1 is 1.08 bits per heavy atom. The van der Waals surface area contributed by atoms with Gasteiger partial charge in [0.05, 0.1) is 18.8 Å². The molecule has 5 N–H and O–H groups in total. The third-order valence-electron chi connectivity index (χ3n) is 12.2. The Morgan fingerprint density at radius 2 is 1.82 bits per heavy atom.